The van der Waals surface area contributed by atoms with E-state index >= 15 is 0 Å². The minimum Gasteiger partial charge on any atom is -0.367 e. The van der Waals surface area contributed by atoms with Gasteiger partial charge in [-0.1, -0.05) is 36.4 Å². The number of ether oxygens (including phenoxy) is 1. The van der Waals surface area contributed by atoms with Gasteiger partial charge in [-0.25, -0.2) is 8.42 Å². The van der Waals surface area contributed by atoms with Gasteiger partial charge in [0.1, 0.15) is 6.10 Å². The first-order valence-corrected chi connectivity index (χ1v) is 13.5. The SMILES string of the molecule is CC1CN(C(=O)C2CCN(S(=O)(=O)c3ccc4c(c3)CCC4)CC2)CC(c2ccccc2)O1. The molecular formula is C26H32N2O4S. The second-order valence-corrected chi connectivity index (χ2v) is 11.5. The lowest BCUT2D eigenvalue weighted by molar-refractivity contribution is -0.150. The second-order valence-electron chi connectivity index (χ2n) is 9.55. The lowest BCUT2D eigenvalue weighted by atomic mass is 9.95. The summed E-state index contributed by atoms with van der Waals surface area (Å²) >= 11 is 0. The van der Waals surface area contributed by atoms with E-state index in [1.165, 1.54) is 5.56 Å². The first-order chi connectivity index (χ1) is 15.9. The molecule has 5 rings (SSSR count). The highest BCUT2D eigenvalue weighted by molar-refractivity contribution is 7.89. The fraction of sp³-hybridized carbons (Fsp3) is 0.500. The smallest absolute Gasteiger partial charge is 0.243 e. The molecule has 2 fully saturated rings. The number of sulfonamides is 1. The van der Waals surface area contributed by atoms with E-state index in [2.05, 4.69) is 0 Å². The van der Waals surface area contributed by atoms with E-state index in [1.54, 1.807) is 10.4 Å². The van der Waals surface area contributed by atoms with Crippen molar-refractivity contribution in [1.29, 1.82) is 0 Å². The molecule has 0 radical (unpaired) electrons. The van der Waals surface area contributed by atoms with E-state index < -0.39 is 10.0 Å². The summed E-state index contributed by atoms with van der Waals surface area (Å²) in [7, 11) is -3.52. The standard InChI is InChI=1S/C26H32N2O4S/c1-19-17-27(18-25(32-19)21-6-3-2-4-7-21)26(29)22-12-14-28(15-13-22)33(30,31)24-11-10-20-8-5-9-23(20)16-24/h2-4,6-7,10-11,16,19,22,25H,5,8-9,12-15,17-18H2,1H3. The summed E-state index contributed by atoms with van der Waals surface area (Å²) < 4.78 is 34.1. The number of benzene rings is 2. The van der Waals surface area contributed by atoms with Gasteiger partial charge in [-0.05, 0) is 67.9 Å². The molecule has 0 spiro atoms. The largest absolute Gasteiger partial charge is 0.367 e. The van der Waals surface area contributed by atoms with Gasteiger partial charge >= 0.3 is 0 Å². The van der Waals surface area contributed by atoms with Crippen molar-refractivity contribution in [2.45, 2.75) is 56.1 Å². The average molecular weight is 469 g/mol. The predicted octanol–water partition coefficient (Wildman–Crippen LogP) is 3.56. The number of piperidine rings is 1. The minimum absolute atomic E-state index is 0.0341. The van der Waals surface area contributed by atoms with E-state index in [0.29, 0.717) is 43.9 Å². The van der Waals surface area contributed by atoms with Crippen molar-refractivity contribution in [2.75, 3.05) is 26.2 Å². The maximum absolute atomic E-state index is 13.3. The zero-order valence-electron chi connectivity index (χ0n) is 19.2. The van der Waals surface area contributed by atoms with Crippen LogP contribution in [0.4, 0.5) is 0 Å². The van der Waals surface area contributed by atoms with Gasteiger partial charge in [0.25, 0.3) is 0 Å². The third kappa shape index (κ3) is 4.59. The normalized spacial score (nSPS) is 24.6. The number of hydrogen-bond donors (Lipinski definition) is 0. The van der Waals surface area contributed by atoms with Crippen LogP contribution in [-0.2, 0) is 32.4 Å². The van der Waals surface area contributed by atoms with Crippen molar-refractivity contribution in [1.82, 2.24) is 9.21 Å². The maximum Gasteiger partial charge on any atom is 0.243 e. The van der Waals surface area contributed by atoms with Gasteiger partial charge in [0.15, 0.2) is 0 Å². The molecule has 2 saturated heterocycles. The third-order valence-electron chi connectivity index (χ3n) is 7.25. The molecule has 6 nitrogen and oxygen atoms in total. The van der Waals surface area contributed by atoms with Crippen molar-refractivity contribution in [3.63, 3.8) is 0 Å². The van der Waals surface area contributed by atoms with E-state index in [4.69, 9.17) is 4.74 Å². The van der Waals surface area contributed by atoms with Crippen LogP contribution in [-0.4, -0.2) is 55.8 Å². The molecule has 1 amide bonds. The van der Waals surface area contributed by atoms with Gasteiger partial charge in [0, 0.05) is 25.6 Å². The van der Waals surface area contributed by atoms with Crippen LogP contribution in [0.5, 0.6) is 0 Å². The number of carbonyl (C=O) groups is 1. The topological polar surface area (TPSA) is 66.9 Å². The number of nitrogens with zero attached hydrogens (tertiary/aromatic N) is 2. The van der Waals surface area contributed by atoms with Crippen LogP contribution in [0.25, 0.3) is 0 Å². The number of amides is 1. The van der Waals surface area contributed by atoms with Crippen LogP contribution >= 0.6 is 0 Å². The molecule has 1 aliphatic carbocycles. The Kier molecular flexibility index (Phi) is 6.29. The molecule has 2 heterocycles. The van der Waals surface area contributed by atoms with Gasteiger partial charge in [0.05, 0.1) is 17.5 Å². The van der Waals surface area contributed by atoms with Crippen LogP contribution < -0.4 is 0 Å². The quantitative estimate of drug-likeness (QED) is 0.688. The summed E-state index contributed by atoms with van der Waals surface area (Å²) in [4.78, 5) is 15.6. The Morgan fingerprint density at radius 3 is 2.45 bits per heavy atom. The lowest BCUT2D eigenvalue weighted by Crippen LogP contribution is -2.50. The van der Waals surface area contributed by atoms with Crippen molar-refractivity contribution in [2.24, 2.45) is 5.92 Å². The molecule has 176 valence electrons. The van der Waals surface area contributed by atoms with E-state index in [0.717, 1.165) is 30.4 Å². The monoisotopic (exact) mass is 468 g/mol. The highest BCUT2D eigenvalue weighted by Crippen LogP contribution is 2.31. The summed E-state index contributed by atoms with van der Waals surface area (Å²) in [5, 5.41) is 0. The van der Waals surface area contributed by atoms with E-state index in [1.807, 2.05) is 54.3 Å². The molecule has 2 aromatic rings. The molecule has 2 unspecified atom stereocenters. The number of carbonyl (C=O) groups excluding carboxylic acids is 1. The number of aryl methyl sites for hydroxylation is 2. The summed E-state index contributed by atoms with van der Waals surface area (Å²) in [6.45, 7) is 3.90. The molecule has 0 saturated carbocycles. The van der Waals surface area contributed by atoms with Crippen LogP contribution in [0.3, 0.4) is 0 Å². The average Bonchev–Trinajstić information content (AvgIpc) is 3.32. The van der Waals surface area contributed by atoms with Crippen LogP contribution in [0.15, 0.2) is 53.4 Å². The molecule has 0 N–H and O–H groups in total. The Morgan fingerprint density at radius 1 is 0.970 bits per heavy atom. The lowest BCUT2D eigenvalue weighted by Gasteiger charge is -2.40. The van der Waals surface area contributed by atoms with Crippen LogP contribution in [0.1, 0.15) is 49.0 Å². The first-order valence-electron chi connectivity index (χ1n) is 12.0. The Labute approximate surface area is 196 Å². The van der Waals surface area contributed by atoms with E-state index in [9.17, 15) is 13.2 Å². The second kappa shape index (κ2) is 9.20. The molecule has 0 bridgehead atoms. The highest BCUT2D eigenvalue weighted by atomic mass is 32.2. The molecule has 33 heavy (non-hydrogen) atoms. The van der Waals surface area contributed by atoms with Gasteiger partial charge in [0.2, 0.25) is 15.9 Å². The zero-order valence-corrected chi connectivity index (χ0v) is 20.0. The van der Waals surface area contributed by atoms with Gasteiger partial charge < -0.3 is 9.64 Å². The van der Waals surface area contributed by atoms with Crippen molar-refractivity contribution in [3.8, 4) is 0 Å². The summed E-state index contributed by atoms with van der Waals surface area (Å²) in [5.74, 6) is -0.0150. The van der Waals surface area contributed by atoms with Crippen molar-refractivity contribution < 1.29 is 17.9 Å². The highest BCUT2D eigenvalue weighted by Gasteiger charge is 2.37. The Hall–Kier alpha value is -2.22. The number of fused-ring (bicyclic) bond motifs is 1. The molecule has 3 aliphatic rings. The molecule has 0 aromatic heterocycles. The summed E-state index contributed by atoms with van der Waals surface area (Å²) in [6, 6.07) is 15.6. The molecule has 2 atom stereocenters. The van der Waals surface area contributed by atoms with Crippen LogP contribution in [0, 0.1) is 5.92 Å². The summed E-state index contributed by atoms with van der Waals surface area (Å²) in [5.41, 5.74) is 3.51. The molecule has 2 aliphatic heterocycles. The number of morpholine rings is 1. The predicted molar refractivity (Wildman–Crippen MR) is 126 cm³/mol. The van der Waals surface area contributed by atoms with Crippen LogP contribution in [0.2, 0.25) is 0 Å². The molecule has 7 heteroatoms. The summed E-state index contributed by atoms with van der Waals surface area (Å²) in [6.07, 6.45) is 4.05. The molecule has 2 aromatic carbocycles. The van der Waals surface area contributed by atoms with Gasteiger partial charge in [-0.15, -0.1) is 0 Å². The Balaban J connectivity index is 1.23. The van der Waals surface area contributed by atoms with E-state index in [-0.39, 0.29) is 24.0 Å². The van der Waals surface area contributed by atoms with Gasteiger partial charge in [-0.2, -0.15) is 4.31 Å². The minimum atomic E-state index is -3.52. The van der Waals surface area contributed by atoms with Gasteiger partial charge in [-0.3, -0.25) is 4.79 Å². The van der Waals surface area contributed by atoms with Crippen molar-refractivity contribution in [3.05, 3.63) is 65.2 Å². The Bertz CT molecular complexity index is 1110. The zero-order chi connectivity index (χ0) is 23.0. The fourth-order valence-electron chi connectivity index (χ4n) is 5.44. The van der Waals surface area contributed by atoms with Crippen molar-refractivity contribution >= 4 is 15.9 Å². The number of hydrogen-bond acceptors (Lipinski definition) is 4. The Morgan fingerprint density at radius 2 is 1.70 bits per heavy atom. The number of rotatable bonds is 4. The molecular weight excluding hydrogens is 436 g/mol. The fourth-order valence-corrected chi connectivity index (χ4v) is 6.96. The first kappa shape index (κ1) is 22.6. The maximum atomic E-state index is 13.3. The third-order valence-corrected chi connectivity index (χ3v) is 9.15.